The van der Waals surface area contributed by atoms with Crippen molar-refractivity contribution >= 4 is 15.9 Å². The molecule has 1 saturated heterocycles. The second-order valence-electron chi connectivity index (χ2n) is 4.42. The molecule has 0 unspecified atom stereocenters. The van der Waals surface area contributed by atoms with Crippen molar-refractivity contribution in [2.45, 2.75) is 32.2 Å². The zero-order valence-electron chi connectivity index (χ0n) is 9.41. The van der Waals surface area contributed by atoms with E-state index in [1.165, 1.54) is 0 Å². The van der Waals surface area contributed by atoms with Gasteiger partial charge in [-0.2, -0.15) is 0 Å². The molecule has 88 valence electrons. The van der Waals surface area contributed by atoms with Gasteiger partial charge in [0.25, 0.3) is 0 Å². The average molecular weight is 234 g/mol. The molecule has 5 nitrogen and oxygen atoms in total. The number of nitrogens with zero attached hydrogens (tertiary/aromatic N) is 1. The van der Waals surface area contributed by atoms with Crippen LogP contribution in [-0.4, -0.2) is 43.5 Å². The van der Waals surface area contributed by atoms with E-state index in [2.05, 4.69) is 5.32 Å². The number of nitrogens with one attached hydrogen (secondary N) is 1. The third-order valence-corrected chi connectivity index (χ3v) is 4.52. The summed E-state index contributed by atoms with van der Waals surface area (Å²) in [4.78, 5) is 11.7. The van der Waals surface area contributed by atoms with Crippen LogP contribution in [0.4, 0.5) is 0 Å². The molecule has 1 fully saturated rings. The van der Waals surface area contributed by atoms with Crippen LogP contribution in [0.1, 0.15) is 26.7 Å². The van der Waals surface area contributed by atoms with Crippen LogP contribution in [-0.2, 0) is 14.8 Å². The maximum Gasteiger partial charge on any atom is 0.237 e. The Labute approximate surface area is 90.9 Å². The molecule has 0 aliphatic carbocycles. The first-order valence-electron chi connectivity index (χ1n) is 5.02. The highest BCUT2D eigenvalue weighted by atomic mass is 32.2. The van der Waals surface area contributed by atoms with Crippen LogP contribution in [0.5, 0.6) is 0 Å². The van der Waals surface area contributed by atoms with Crippen LogP contribution in [0.2, 0.25) is 0 Å². The number of carbonyl (C=O) groups is 1. The molecule has 1 N–H and O–H groups in total. The Morgan fingerprint density at radius 3 is 2.53 bits per heavy atom. The summed E-state index contributed by atoms with van der Waals surface area (Å²) >= 11 is 0. The first-order chi connectivity index (χ1) is 6.81. The summed E-state index contributed by atoms with van der Waals surface area (Å²) in [6, 6.07) is 0. The molecular formula is C9H18N2O3S. The predicted molar refractivity (Wildman–Crippen MR) is 57.9 cm³/mol. The third kappa shape index (κ3) is 2.49. The van der Waals surface area contributed by atoms with Gasteiger partial charge in [0.1, 0.15) is 0 Å². The van der Waals surface area contributed by atoms with E-state index < -0.39 is 15.6 Å². The van der Waals surface area contributed by atoms with E-state index in [9.17, 15) is 13.2 Å². The number of hydrogen-bond donors (Lipinski definition) is 1. The molecule has 0 radical (unpaired) electrons. The monoisotopic (exact) mass is 234 g/mol. The highest BCUT2D eigenvalue weighted by Gasteiger charge is 2.41. The average Bonchev–Trinajstić information content (AvgIpc) is 2.00. The van der Waals surface area contributed by atoms with Crippen molar-refractivity contribution in [3.05, 3.63) is 0 Å². The predicted octanol–water partition coefficient (Wildman–Crippen LogP) is -0.0634. The van der Waals surface area contributed by atoms with Gasteiger partial charge in [-0.15, -0.1) is 0 Å². The number of rotatable bonds is 3. The Kier molecular flexibility index (Phi) is 3.40. The normalized spacial score (nSPS) is 21.8. The molecule has 6 heteroatoms. The van der Waals surface area contributed by atoms with Crippen molar-refractivity contribution in [3.8, 4) is 0 Å². The lowest BCUT2D eigenvalue weighted by molar-refractivity contribution is -0.130. The van der Waals surface area contributed by atoms with Crippen molar-refractivity contribution in [3.63, 3.8) is 0 Å². The molecule has 0 atom stereocenters. The fraction of sp³-hybridized carbons (Fsp3) is 0.889. The van der Waals surface area contributed by atoms with Gasteiger partial charge in [-0.05, 0) is 27.3 Å². The third-order valence-electron chi connectivity index (χ3n) is 2.46. The van der Waals surface area contributed by atoms with Crippen molar-refractivity contribution in [2.24, 2.45) is 0 Å². The zero-order chi connectivity index (χ0) is 11.7. The first kappa shape index (κ1) is 12.4. The summed E-state index contributed by atoms with van der Waals surface area (Å²) in [5, 5.41) is 2.91. The summed E-state index contributed by atoms with van der Waals surface area (Å²) in [7, 11) is -1.67. The molecule has 0 saturated carbocycles. The summed E-state index contributed by atoms with van der Waals surface area (Å²) in [6.45, 7) is 3.96. The van der Waals surface area contributed by atoms with Crippen molar-refractivity contribution in [1.82, 2.24) is 9.62 Å². The quantitative estimate of drug-likeness (QED) is 0.742. The van der Waals surface area contributed by atoms with Crippen LogP contribution in [0.25, 0.3) is 0 Å². The molecule has 1 amide bonds. The van der Waals surface area contributed by atoms with Crippen LogP contribution in [0.15, 0.2) is 0 Å². The highest BCUT2D eigenvalue weighted by Crippen LogP contribution is 2.24. The Morgan fingerprint density at radius 1 is 1.47 bits per heavy atom. The Balaban J connectivity index is 3.03. The minimum atomic E-state index is -3.41. The molecule has 0 aromatic heterocycles. The lowest BCUT2D eigenvalue weighted by Crippen LogP contribution is -2.57. The van der Waals surface area contributed by atoms with Gasteiger partial charge in [-0.3, -0.25) is 4.79 Å². The zero-order valence-corrected chi connectivity index (χ0v) is 10.2. The molecule has 0 aromatic carbocycles. The molecule has 1 rings (SSSR count). The van der Waals surface area contributed by atoms with E-state index in [-0.39, 0.29) is 11.7 Å². The van der Waals surface area contributed by atoms with Crippen molar-refractivity contribution in [2.75, 3.05) is 19.3 Å². The number of carbonyl (C=O) groups excluding carboxylic acids is 1. The lowest BCUT2D eigenvalue weighted by Gasteiger charge is -2.39. The molecule has 1 aliphatic heterocycles. The van der Waals surface area contributed by atoms with Gasteiger partial charge < -0.3 is 5.32 Å². The second kappa shape index (κ2) is 4.09. The standard InChI is InChI=1S/C9H18N2O3S/c1-9(2,7-10-3)11-8(12)5-4-6-15(11,13)14/h10H,4-7H2,1-3H3. The van der Waals surface area contributed by atoms with Gasteiger partial charge in [0, 0.05) is 13.0 Å². The van der Waals surface area contributed by atoms with Crippen LogP contribution >= 0.6 is 0 Å². The van der Waals surface area contributed by atoms with Crippen molar-refractivity contribution < 1.29 is 13.2 Å². The first-order valence-corrected chi connectivity index (χ1v) is 6.63. The van der Waals surface area contributed by atoms with E-state index in [1.54, 1.807) is 20.9 Å². The number of likely N-dealkylation sites (N-methyl/N-ethyl adjacent to an activating group) is 1. The SMILES string of the molecule is CNCC(C)(C)N1C(=O)CCCS1(=O)=O. The second-order valence-corrected chi connectivity index (χ2v) is 6.36. The lowest BCUT2D eigenvalue weighted by atomic mass is 10.1. The molecule has 0 spiro atoms. The van der Waals surface area contributed by atoms with E-state index in [0.29, 0.717) is 19.4 Å². The molecule has 1 heterocycles. The van der Waals surface area contributed by atoms with Gasteiger partial charge in [-0.1, -0.05) is 0 Å². The van der Waals surface area contributed by atoms with Gasteiger partial charge in [0.2, 0.25) is 15.9 Å². The Hall–Kier alpha value is -0.620. The highest BCUT2D eigenvalue weighted by molar-refractivity contribution is 7.89. The number of amides is 1. The van der Waals surface area contributed by atoms with Crippen LogP contribution in [0.3, 0.4) is 0 Å². The van der Waals surface area contributed by atoms with E-state index in [4.69, 9.17) is 0 Å². The van der Waals surface area contributed by atoms with E-state index >= 15 is 0 Å². The number of sulfonamides is 1. The van der Waals surface area contributed by atoms with Gasteiger partial charge in [-0.25, -0.2) is 12.7 Å². The van der Waals surface area contributed by atoms with Crippen LogP contribution < -0.4 is 5.32 Å². The maximum atomic E-state index is 11.8. The summed E-state index contributed by atoms with van der Waals surface area (Å²) in [6.07, 6.45) is 0.764. The van der Waals surface area contributed by atoms with E-state index in [0.717, 1.165) is 4.31 Å². The summed E-state index contributed by atoms with van der Waals surface area (Å²) in [5.41, 5.74) is -0.689. The molecule has 0 bridgehead atoms. The molecule has 15 heavy (non-hydrogen) atoms. The largest absolute Gasteiger partial charge is 0.317 e. The molecule has 1 aliphatic rings. The summed E-state index contributed by atoms with van der Waals surface area (Å²) < 4.78 is 24.6. The minimum Gasteiger partial charge on any atom is -0.317 e. The topological polar surface area (TPSA) is 66.5 Å². The van der Waals surface area contributed by atoms with Crippen LogP contribution in [0, 0.1) is 0 Å². The fourth-order valence-electron chi connectivity index (χ4n) is 1.97. The maximum absolute atomic E-state index is 11.8. The molecular weight excluding hydrogens is 216 g/mol. The smallest absolute Gasteiger partial charge is 0.237 e. The Bertz CT molecular complexity index is 348. The van der Waals surface area contributed by atoms with E-state index in [1.807, 2.05) is 0 Å². The van der Waals surface area contributed by atoms with Gasteiger partial charge in [0.05, 0.1) is 11.3 Å². The van der Waals surface area contributed by atoms with Gasteiger partial charge in [0.15, 0.2) is 0 Å². The fourth-order valence-corrected chi connectivity index (χ4v) is 3.88. The van der Waals surface area contributed by atoms with Gasteiger partial charge >= 0.3 is 0 Å². The molecule has 0 aromatic rings. The number of hydrogen-bond acceptors (Lipinski definition) is 4. The Morgan fingerprint density at radius 2 is 2.07 bits per heavy atom. The summed E-state index contributed by atoms with van der Waals surface area (Å²) in [5.74, 6) is -0.215. The van der Waals surface area contributed by atoms with Crippen molar-refractivity contribution in [1.29, 1.82) is 0 Å². The minimum absolute atomic E-state index is 0.0753.